The lowest BCUT2D eigenvalue weighted by atomic mass is 10.1. The van der Waals surface area contributed by atoms with E-state index in [9.17, 15) is 9.18 Å². The Labute approximate surface area is 171 Å². The Balaban J connectivity index is 1.92. The first-order valence-electron chi connectivity index (χ1n) is 9.90. The maximum Gasteiger partial charge on any atom is 0.332 e. The largest absolute Gasteiger partial charge is 0.493 e. The fraction of sp³-hybridized carbons (Fsp3) is 0.391. The van der Waals surface area contributed by atoms with Crippen LogP contribution < -0.4 is 4.74 Å². The molecule has 1 atom stereocenters. The fourth-order valence-electron chi connectivity index (χ4n) is 2.80. The normalized spacial score (nSPS) is 12.2. The van der Waals surface area contributed by atoms with Crippen LogP contribution in [0, 0.1) is 5.82 Å². The average Bonchev–Trinajstić information content (AvgIpc) is 2.72. The van der Waals surface area contributed by atoms with E-state index in [0.717, 1.165) is 12.1 Å². The Morgan fingerprint density at radius 1 is 1.28 bits per heavy atom. The van der Waals surface area contributed by atoms with Crippen molar-refractivity contribution in [3.63, 3.8) is 0 Å². The number of aryl methyl sites for hydroxylation is 1. The minimum Gasteiger partial charge on any atom is -0.493 e. The minimum absolute atomic E-state index is 0.346. The van der Waals surface area contributed by atoms with Gasteiger partial charge in [-0.1, -0.05) is 25.1 Å². The van der Waals surface area contributed by atoms with E-state index in [1.165, 1.54) is 17.7 Å². The summed E-state index contributed by atoms with van der Waals surface area (Å²) in [7, 11) is 0. The molecule has 6 heteroatoms. The van der Waals surface area contributed by atoms with Gasteiger partial charge in [-0.15, -0.1) is 0 Å². The van der Waals surface area contributed by atoms with Crippen molar-refractivity contribution in [3.05, 3.63) is 65.2 Å². The van der Waals surface area contributed by atoms with Crippen molar-refractivity contribution in [1.82, 2.24) is 4.98 Å². The molecule has 1 N–H and O–H groups in total. The van der Waals surface area contributed by atoms with Crippen LogP contribution in [0.4, 0.5) is 4.39 Å². The second kappa shape index (κ2) is 12.0. The highest BCUT2D eigenvalue weighted by Crippen LogP contribution is 2.22. The molecular weight excluding hydrogens is 373 g/mol. The Hall–Kier alpha value is -2.73. The van der Waals surface area contributed by atoms with E-state index in [2.05, 4.69) is 18.0 Å². The molecule has 0 bridgehead atoms. The van der Waals surface area contributed by atoms with Gasteiger partial charge in [-0.2, -0.15) is 0 Å². The zero-order valence-electron chi connectivity index (χ0n) is 16.9. The molecular formula is C23H28FNO4. The molecule has 1 heterocycles. The summed E-state index contributed by atoms with van der Waals surface area (Å²) < 4.78 is 24.7. The lowest BCUT2D eigenvalue weighted by molar-refractivity contribution is -0.150. The monoisotopic (exact) mass is 401 g/mol. The number of hydrogen-bond donors (Lipinski definition) is 1. The summed E-state index contributed by atoms with van der Waals surface area (Å²) in [6, 6.07) is 8.41. The molecule has 2 rings (SSSR count). The van der Waals surface area contributed by atoms with Gasteiger partial charge in [-0.25, -0.2) is 9.18 Å². The van der Waals surface area contributed by atoms with Crippen LogP contribution in [0.2, 0.25) is 0 Å². The number of halogens is 1. The zero-order valence-corrected chi connectivity index (χ0v) is 16.9. The highest BCUT2D eigenvalue weighted by atomic mass is 19.1. The molecule has 0 saturated heterocycles. The Kier molecular flexibility index (Phi) is 9.31. The molecule has 1 aromatic carbocycles. The van der Waals surface area contributed by atoms with Crippen LogP contribution in [0.15, 0.2) is 42.6 Å². The molecule has 0 aliphatic heterocycles. The van der Waals surface area contributed by atoms with Crippen LogP contribution in [-0.2, 0) is 22.4 Å². The van der Waals surface area contributed by atoms with Gasteiger partial charge < -0.3 is 14.6 Å². The summed E-state index contributed by atoms with van der Waals surface area (Å²) in [6.45, 7) is 4.62. The maximum absolute atomic E-state index is 13.7. The van der Waals surface area contributed by atoms with Gasteiger partial charge in [-0.05, 0) is 56.0 Å². The summed E-state index contributed by atoms with van der Waals surface area (Å²) in [6.07, 6.45) is 7.05. The summed E-state index contributed by atoms with van der Waals surface area (Å²) in [5.41, 5.74) is 2.75. The van der Waals surface area contributed by atoms with E-state index in [1.54, 1.807) is 19.1 Å². The smallest absolute Gasteiger partial charge is 0.332 e. The maximum atomic E-state index is 13.7. The van der Waals surface area contributed by atoms with Gasteiger partial charge in [0.2, 0.25) is 0 Å². The van der Waals surface area contributed by atoms with Crippen LogP contribution in [-0.4, -0.2) is 35.4 Å². The van der Waals surface area contributed by atoms with Gasteiger partial charge >= 0.3 is 5.97 Å². The number of carbonyl (C=O) groups is 1. The van der Waals surface area contributed by atoms with Crippen molar-refractivity contribution in [1.29, 1.82) is 0 Å². The molecule has 0 fully saturated rings. The van der Waals surface area contributed by atoms with E-state index in [4.69, 9.17) is 14.6 Å². The van der Waals surface area contributed by atoms with E-state index in [1.807, 2.05) is 18.3 Å². The van der Waals surface area contributed by atoms with Gasteiger partial charge in [0.1, 0.15) is 11.6 Å². The van der Waals surface area contributed by atoms with Crippen molar-refractivity contribution in [2.24, 2.45) is 0 Å². The molecule has 1 aromatic heterocycles. The molecule has 2 aromatic rings. The van der Waals surface area contributed by atoms with E-state index in [0.29, 0.717) is 43.8 Å². The highest BCUT2D eigenvalue weighted by Gasteiger charge is 2.15. The molecule has 0 radical (unpaired) electrons. The average molecular weight is 401 g/mol. The van der Waals surface area contributed by atoms with Gasteiger partial charge in [0.25, 0.3) is 0 Å². The van der Waals surface area contributed by atoms with Gasteiger partial charge in [0, 0.05) is 30.5 Å². The third-order valence-electron chi connectivity index (χ3n) is 4.42. The lowest BCUT2D eigenvalue weighted by Gasteiger charge is -2.11. The SMILES string of the molecule is CCOC(CC/C=C/c1cc(F)ccc1OCCc1ccc(CC)cn1)C(=O)O. The number of aliphatic carboxylic acids is 1. The number of ether oxygens (including phenoxy) is 2. The van der Waals surface area contributed by atoms with Gasteiger partial charge in [-0.3, -0.25) is 4.98 Å². The molecule has 0 saturated carbocycles. The molecule has 5 nitrogen and oxygen atoms in total. The number of hydrogen-bond acceptors (Lipinski definition) is 4. The molecule has 0 aliphatic carbocycles. The predicted octanol–water partition coefficient (Wildman–Crippen LogP) is 4.69. The molecule has 29 heavy (non-hydrogen) atoms. The number of rotatable bonds is 12. The highest BCUT2D eigenvalue weighted by molar-refractivity contribution is 5.72. The Morgan fingerprint density at radius 3 is 2.76 bits per heavy atom. The number of allylic oxidation sites excluding steroid dienone is 1. The number of carboxylic acids is 1. The third kappa shape index (κ3) is 7.66. The first-order valence-corrected chi connectivity index (χ1v) is 9.90. The fourth-order valence-corrected chi connectivity index (χ4v) is 2.80. The number of carboxylic acid groups (broad SMARTS) is 1. The Bertz CT molecular complexity index is 805. The summed E-state index contributed by atoms with van der Waals surface area (Å²) >= 11 is 0. The van der Waals surface area contributed by atoms with Crippen LogP contribution in [0.25, 0.3) is 6.08 Å². The van der Waals surface area contributed by atoms with Crippen LogP contribution in [0.3, 0.4) is 0 Å². The van der Waals surface area contributed by atoms with Crippen molar-refractivity contribution < 1.29 is 23.8 Å². The quantitative estimate of drug-likeness (QED) is 0.559. The Morgan fingerprint density at radius 2 is 2.10 bits per heavy atom. The topological polar surface area (TPSA) is 68.7 Å². The molecule has 1 unspecified atom stereocenters. The first-order chi connectivity index (χ1) is 14.0. The molecule has 0 spiro atoms. The van der Waals surface area contributed by atoms with Crippen LogP contribution in [0.1, 0.15) is 43.5 Å². The molecule has 0 amide bonds. The van der Waals surface area contributed by atoms with Gasteiger partial charge in [0.15, 0.2) is 6.10 Å². The predicted molar refractivity (Wildman–Crippen MR) is 111 cm³/mol. The van der Waals surface area contributed by atoms with Crippen molar-refractivity contribution in [2.45, 2.75) is 45.6 Å². The van der Waals surface area contributed by atoms with E-state index in [-0.39, 0.29) is 5.82 Å². The first kappa shape index (κ1) is 22.6. The van der Waals surface area contributed by atoms with Crippen molar-refractivity contribution in [2.75, 3.05) is 13.2 Å². The minimum atomic E-state index is -0.976. The second-order valence-corrected chi connectivity index (χ2v) is 6.55. The zero-order chi connectivity index (χ0) is 21.1. The summed E-state index contributed by atoms with van der Waals surface area (Å²) in [4.78, 5) is 15.5. The number of aromatic nitrogens is 1. The number of pyridine rings is 1. The van der Waals surface area contributed by atoms with Crippen LogP contribution >= 0.6 is 0 Å². The molecule has 0 aliphatic rings. The number of nitrogens with zero attached hydrogens (tertiary/aromatic N) is 1. The van der Waals surface area contributed by atoms with Crippen LogP contribution in [0.5, 0.6) is 5.75 Å². The lowest BCUT2D eigenvalue weighted by Crippen LogP contribution is -2.23. The third-order valence-corrected chi connectivity index (χ3v) is 4.42. The standard InChI is InChI=1S/C23H28FNO4/c1-3-17-9-11-20(25-16-17)13-14-29-21-12-10-19(24)15-18(21)7-5-6-8-22(23(26)27)28-4-2/h5,7,9-12,15-16,22H,3-4,6,8,13-14H2,1-2H3,(H,26,27)/b7-5+. The van der Waals surface area contributed by atoms with Gasteiger partial charge in [0.05, 0.1) is 6.61 Å². The van der Waals surface area contributed by atoms with Crippen molar-refractivity contribution in [3.8, 4) is 5.75 Å². The number of benzene rings is 1. The van der Waals surface area contributed by atoms with E-state index < -0.39 is 12.1 Å². The van der Waals surface area contributed by atoms with Crippen molar-refractivity contribution >= 4 is 12.0 Å². The summed E-state index contributed by atoms with van der Waals surface area (Å²) in [5.74, 6) is -0.755. The van der Waals surface area contributed by atoms with E-state index >= 15 is 0 Å². The molecule has 156 valence electrons. The summed E-state index contributed by atoms with van der Waals surface area (Å²) in [5, 5.41) is 9.10. The second-order valence-electron chi connectivity index (χ2n) is 6.55.